The summed E-state index contributed by atoms with van der Waals surface area (Å²) in [6.07, 6.45) is 7.58. The Morgan fingerprint density at radius 2 is 2.04 bits per heavy atom. The van der Waals surface area contributed by atoms with Crippen LogP contribution in [-0.2, 0) is 22.4 Å². The van der Waals surface area contributed by atoms with Gasteiger partial charge in [0, 0.05) is 11.9 Å². The first-order chi connectivity index (χ1) is 11.6. The lowest BCUT2D eigenvalue weighted by Crippen LogP contribution is -2.51. The van der Waals surface area contributed by atoms with Gasteiger partial charge in [-0.2, -0.15) is 5.26 Å². The first-order valence-electron chi connectivity index (χ1n) is 8.52. The van der Waals surface area contributed by atoms with E-state index in [1.807, 2.05) is 6.07 Å². The molecular formula is C18H22N2O3S. The van der Waals surface area contributed by atoms with Gasteiger partial charge in [0.25, 0.3) is 5.91 Å². The van der Waals surface area contributed by atoms with Gasteiger partial charge < -0.3 is 9.64 Å². The molecule has 1 aromatic heterocycles. The van der Waals surface area contributed by atoms with E-state index in [4.69, 9.17) is 4.74 Å². The molecule has 5 nitrogen and oxygen atoms in total. The van der Waals surface area contributed by atoms with Crippen LogP contribution < -0.4 is 0 Å². The van der Waals surface area contributed by atoms with Crippen molar-refractivity contribution in [3.63, 3.8) is 0 Å². The summed E-state index contributed by atoms with van der Waals surface area (Å²) in [6, 6.07) is 4.20. The Morgan fingerprint density at radius 3 is 2.71 bits per heavy atom. The molecule has 2 aliphatic carbocycles. The third-order valence-corrected chi connectivity index (χ3v) is 6.40. The van der Waals surface area contributed by atoms with E-state index >= 15 is 0 Å². The first-order valence-corrected chi connectivity index (χ1v) is 9.34. The van der Waals surface area contributed by atoms with Crippen LogP contribution in [0.3, 0.4) is 0 Å². The van der Waals surface area contributed by atoms with Crippen molar-refractivity contribution in [1.29, 1.82) is 5.26 Å². The summed E-state index contributed by atoms with van der Waals surface area (Å²) in [5, 5.41) is 9.53. The van der Waals surface area contributed by atoms with Crippen molar-refractivity contribution in [3.8, 4) is 6.07 Å². The molecule has 1 heterocycles. The van der Waals surface area contributed by atoms with Gasteiger partial charge in [-0.25, -0.2) is 4.79 Å². The highest BCUT2D eigenvalue weighted by Crippen LogP contribution is 2.33. The van der Waals surface area contributed by atoms with Gasteiger partial charge in [-0.1, -0.05) is 19.3 Å². The average molecular weight is 346 g/mol. The van der Waals surface area contributed by atoms with Crippen LogP contribution in [0.25, 0.3) is 0 Å². The number of nitriles is 1. The molecule has 0 bridgehead atoms. The van der Waals surface area contributed by atoms with Gasteiger partial charge in [0.2, 0.25) is 0 Å². The van der Waals surface area contributed by atoms with Crippen LogP contribution in [0, 0.1) is 11.3 Å². The number of aryl methyl sites for hydroxylation is 2. The Bertz CT molecular complexity index is 661. The fourth-order valence-electron chi connectivity index (χ4n) is 3.62. The summed E-state index contributed by atoms with van der Waals surface area (Å²) in [5.41, 5.74) is 0.493. The van der Waals surface area contributed by atoms with Gasteiger partial charge in [-0.05, 0) is 43.7 Å². The molecule has 1 fully saturated rings. The van der Waals surface area contributed by atoms with Crippen molar-refractivity contribution in [2.75, 3.05) is 13.7 Å². The predicted octanol–water partition coefficient (Wildman–Crippen LogP) is 3.08. The van der Waals surface area contributed by atoms with E-state index in [2.05, 4.69) is 6.07 Å². The van der Waals surface area contributed by atoms with Crippen LogP contribution in [0.4, 0.5) is 0 Å². The van der Waals surface area contributed by atoms with Gasteiger partial charge in [0.05, 0.1) is 6.07 Å². The molecule has 1 saturated carbocycles. The van der Waals surface area contributed by atoms with Gasteiger partial charge in [-0.3, -0.25) is 4.79 Å². The average Bonchev–Trinajstić information content (AvgIpc) is 3.21. The molecule has 3 rings (SSSR count). The molecule has 24 heavy (non-hydrogen) atoms. The number of nitrogens with zero attached hydrogens (tertiary/aromatic N) is 2. The Morgan fingerprint density at radius 1 is 1.29 bits per heavy atom. The van der Waals surface area contributed by atoms with Gasteiger partial charge in [0.15, 0.2) is 6.61 Å². The van der Waals surface area contributed by atoms with E-state index in [9.17, 15) is 14.9 Å². The smallest absolute Gasteiger partial charge is 0.348 e. The van der Waals surface area contributed by atoms with E-state index in [1.165, 1.54) is 26.7 Å². The second-order valence-electron chi connectivity index (χ2n) is 6.65. The summed E-state index contributed by atoms with van der Waals surface area (Å²) in [6.45, 7) is -0.304. The van der Waals surface area contributed by atoms with Crippen molar-refractivity contribution in [3.05, 3.63) is 21.4 Å². The van der Waals surface area contributed by atoms with Crippen LogP contribution >= 0.6 is 11.3 Å². The first kappa shape index (κ1) is 17.0. The second kappa shape index (κ2) is 6.94. The number of carbonyl (C=O) groups excluding carboxylic acids is 2. The molecule has 6 heteroatoms. The fraction of sp³-hybridized carbons (Fsp3) is 0.611. The number of esters is 1. The van der Waals surface area contributed by atoms with E-state index in [1.54, 1.807) is 7.05 Å². The number of rotatable bonds is 4. The lowest BCUT2D eigenvalue weighted by atomic mass is 9.81. The normalized spacial score (nSPS) is 18.5. The molecule has 0 atom stereocenters. The molecule has 0 aliphatic heterocycles. The zero-order valence-corrected chi connectivity index (χ0v) is 14.8. The Kier molecular flexibility index (Phi) is 4.91. The standard InChI is InChI=1S/C18H22N2O3S/c1-20(18(12-19)8-3-2-4-9-18)16(21)11-23-17(22)15-10-13-6-5-7-14(13)24-15/h10H,2-9,11H2,1H3. The van der Waals surface area contributed by atoms with Gasteiger partial charge in [-0.15, -0.1) is 11.3 Å². The van der Waals surface area contributed by atoms with E-state index in [-0.39, 0.29) is 12.5 Å². The number of likely N-dealkylation sites (N-methyl/N-ethyl adjacent to an activating group) is 1. The lowest BCUT2D eigenvalue weighted by molar-refractivity contribution is -0.138. The highest BCUT2D eigenvalue weighted by Gasteiger charge is 2.39. The summed E-state index contributed by atoms with van der Waals surface area (Å²) in [5.74, 6) is -0.748. The molecule has 0 radical (unpaired) electrons. The second-order valence-corrected chi connectivity index (χ2v) is 7.78. The predicted molar refractivity (Wildman–Crippen MR) is 90.8 cm³/mol. The van der Waals surface area contributed by atoms with E-state index in [0.717, 1.165) is 38.5 Å². The maximum atomic E-state index is 12.4. The zero-order valence-electron chi connectivity index (χ0n) is 14.0. The lowest BCUT2D eigenvalue weighted by Gasteiger charge is -2.38. The third kappa shape index (κ3) is 3.18. The third-order valence-electron chi connectivity index (χ3n) is 5.18. The largest absolute Gasteiger partial charge is 0.451 e. The van der Waals surface area contributed by atoms with Crippen molar-refractivity contribution >= 4 is 23.2 Å². The minimum Gasteiger partial charge on any atom is -0.451 e. The minimum absolute atomic E-state index is 0.304. The highest BCUT2D eigenvalue weighted by atomic mass is 32.1. The SMILES string of the molecule is CN(C(=O)COC(=O)c1cc2c(s1)CCC2)C1(C#N)CCCCC1. The zero-order chi connectivity index (χ0) is 17.2. The number of thiophene rings is 1. The Labute approximate surface area is 146 Å². The molecule has 128 valence electrons. The maximum absolute atomic E-state index is 12.4. The van der Waals surface area contributed by atoms with Gasteiger partial charge >= 0.3 is 5.97 Å². The monoisotopic (exact) mass is 346 g/mol. The van der Waals surface area contributed by atoms with Gasteiger partial charge in [0.1, 0.15) is 10.4 Å². The van der Waals surface area contributed by atoms with Crippen LogP contribution in [0.2, 0.25) is 0 Å². The Balaban J connectivity index is 1.58. The number of hydrogen-bond donors (Lipinski definition) is 0. The van der Waals surface area contributed by atoms with Crippen LogP contribution in [-0.4, -0.2) is 36.0 Å². The van der Waals surface area contributed by atoms with Crippen molar-refractivity contribution in [1.82, 2.24) is 4.90 Å². The summed E-state index contributed by atoms with van der Waals surface area (Å²) in [7, 11) is 1.64. The van der Waals surface area contributed by atoms with Crippen LogP contribution in [0.15, 0.2) is 6.07 Å². The van der Waals surface area contributed by atoms with Crippen LogP contribution in [0.5, 0.6) is 0 Å². The molecule has 1 amide bonds. The molecule has 1 aromatic rings. The summed E-state index contributed by atoms with van der Waals surface area (Å²) in [4.78, 5) is 27.9. The number of fused-ring (bicyclic) bond motifs is 1. The fourth-order valence-corrected chi connectivity index (χ4v) is 4.77. The highest BCUT2D eigenvalue weighted by molar-refractivity contribution is 7.14. The van der Waals surface area contributed by atoms with Crippen molar-refractivity contribution in [2.45, 2.75) is 56.9 Å². The molecule has 2 aliphatic rings. The van der Waals surface area contributed by atoms with Crippen molar-refractivity contribution < 1.29 is 14.3 Å². The number of ether oxygens (including phenoxy) is 1. The number of hydrogen-bond acceptors (Lipinski definition) is 5. The molecular weight excluding hydrogens is 324 g/mol. The molecule has 0 aromatic carbocycles. The quantitative estimate of drug-likeness (QED) is 0.786. The molecule has 0 spiro atoms. The van der Waals surface area contributed by atoms with Crippen LogP contribution in [0.1, 0.15) is 58.6 Å². The molecule has 0 unspecified atom stereocenters. The number of amides is 1. The topological polar surface area (TPSA) is 70.4 Å². The summed E-state index contributed by atoms with van der Waals surface area (Å²) < 4.78 is 5.20. The maximum Gasteiger partial charge on any atom is 0.348 e. The summed E-state index contributed by atoms with van der Waals surface area (Å²) >= 11 is 1.47. The minimum atomic E-state index is -0.744. The molecule has 0 N–H and O–H groups in total. The Hall–Kier alpha value is -1.87. The van der Waals surface area contributed by atoms with E-state index in [0.29, 0.717) is 17.7 Å². The molecule has 0 saturated heterocycles. The number of carbonyl (C=O) groups is 2. The van der Waals surface area contributed by atoms with Crippen molar-refractivity contribution in [2.24, 2.45) is 0 Å². The van der Waals surface area contributed by atoms with E-state index < -0.39 is 11.5 Å².